The van der Waals surface area contributed by atoms with Gasteiger partial charge in [0.15, 0.2) is 23.0 Å². The lowest BCUT2D eigenvalue weighted by Crippen LogP contribution is -2.02. The molecule has 0 spiro atoms. The summed E-state index contributed by atoms with van der Waals surface area (Å²) >= 11 is 5.67. The number of furan rings is 3. The maximum atomic E-state index is 9.97. The minimum atomic E-state index is 0.147. The number of ether oxygens (including phenoxy) is 2. The van der Waals surface area contributed by atoms with Gasteiger partial charge in [-0.3, -0.25) is 0 Å². The summed E-state index contributed by atoms with van der Waals surface area (Å²) in [6.07, 6.45) is 4.70. The van der Waals surface area contributed by atoms with Crippen LogP contribution in [0, 0.1) is 14.9 Å². The summed E-state index contributed by atoms with van der Waals surface area (Å²) in [5, 5.41) is 9.97. The van der Waals surface area contributed by atoms with Crippen LogP contribution in [0.1, 0.15) is 23.6 Å². The van der Waals surface area contributed by atoms with E-state index in [1.54, 1.807) is 30.5 Å². The molecule has 0 amide bonds. The first kappa shape index (κ1) is 25.9. The number of rotatable bonds is 9. The molecule has 190 valence electrons. The molecular formula is C29H20BrIN2O5. The molecule has 2 aromatic carbocycles. The maximum absolute atomic E-state index is 9.97. The first-order valence-corrected chi connectivity index (χ1v) is 13.5. The highest BCUT2D eigenvalue weighted by Gasteiger charge is 2.26. The van der Waals surface area contributed by atoms with Gasteiger partial charge in [0.1, 0.15) is 24.0 Å². The van der Waals surface area contributed by atoms with Gasteiger partial charge in [0.05, 0.1) is 28.3 Å². The lowest BCUT2D eigenvalue weighted by atomic mass is 10.1. The van der Waals surface area contributed by atoms with Crippen molar-refractivity contribution >= 4 is 50.6 Å². The lowest BCUT2D eigenvalue weighted by Gasteiger charge is -2.14. The van der Waals surface area contributed by atoms with Gasteiger partial charge in [-0.25, -0.2) is 4.99 Å². The fraction of sp³-hybridized carbons (Fsp3) is 0.103. The molecule has 5 rings (SSSR count). The van der Waals surface area contributed by atoms with Crippen LogP contribution in [0.25, 0.3) is 22.8 Å². The van der Waals surface area contributed by atoms with Crippen molar-refractivity contribution in [3.05, 3.63) is 97.9 Å². The summed E-state index contributed by atoms with van der Waals surface area (Å²) in [5.74, 6) is 2.73. The highest BCUT2D eigenvalue weighted by molar-refractivity contribution is 14.1. The number of hydrogen-bond acceptors (Lipinski definition) is 7. The van der Waals surface area contributed by atoms with Crippen molar-refractivity contribution < 1.29 is 22.7 Å². The summed E-state index contributed by atoms with van der Waals surface area (Å²) < 4.78 is 31.0. The van der Waals surface area contributed by atoms with Gasteiger partial charge in [0.2, 0.25) is 5.88 Å². The fourth-order valence-electron chi connectivity index (χ4n) is 3.79. The van der Waals surface area contributed by atoms with Crippen LogP contribution >= 0.6 is 38.5 Å². The van der Waals surface area contributed by atoms with Gasteiger partial charge in [0.25, 0.3) is 0 Å². The number of halogens is 2. The molecule has 3 aromatic heterocycles. The van der Waals surface area contributed by atoms with Crippen molar-refractivity contribution in [2.75, 3.05) is 6.61 Å². The zero-order chi connectivity index (χ0) is 26.5. The molecule has 0 unspecified atom stereocenters. The molecular weight excluding hydrogens is 663 g/mol. The van der Waals surface area contributed by atoms with E-state index >= 15 is 0 Å². The van der Waals surface area contributed by atoms with Crippen LogP contribution in [0.4, 0.5) is 5.88 Å². The third-order valence-corrected chi connectivity index (χ3v) is 6.80. The molecule has 0 saturated heterocycles. The quantitative estimate of drug-likeness (QED) is 0.114. The summed E-state index contributed by atoms with van der Waals surface area (Å²) in [4.78, 5) is 4.52. The highest BCUT2D eigenvalue weighted by atomic mass is 127. The smallest absolute Gasteiger partial charge is 0.238 e. The largest absolute Gasteiger partial charge is 0.490 e. The van der Waals surface area contributed by atoms with Crippen LogP contribution in [-0.2, 0) is 6.61 Å². The molecule has 0 aliphatic heterocycles. The predicted octanol–water partition coefficient (Wildman–Crippen LogP) is 8.77. The Morgan fingerprint density at radius 3 is 2.42 bits per heavy atom. The highest BCUT2D eigenvalue weighted by Crippen LogP contribution is 2.43. The summed E-state index contributed by atoms with van der Waals surface area (Å²) in [7, 11) is 0. The van der Waals surface area contributed by atoms with E-state index < -0.39 is 0 Å². The Morgan fingerprint density at radius 2 is 1.76 bits per heavy atom. The average molecular weight is 683 g/mol. The second-order valence-electron chi connectivity index (χ2n) is 7.99. The van der Waals surface area contributed by atoms with Crippen LogP contribution in [0.15, 0.2) is 95.9 Å². The van der Waals surface area contributed by atoms with Crippen molar-refractivity contribution in [2.45, 2.75) is 13.5 Å². The van der Waals surface area contributed by atoms with E-state index in [2.05, 4.69) is 49.6 Å². The third-order valence-electron chi connectivity index (χ3n) is 5.47. The van der Waals surface area contributed by atoms with Crippen LogP contribution in [0.2, 0.25) is 0 Å². The molecule has 7 nitrogen and oxygen atoms in total. The normalized spacial score (nSPS) is 11.1. The molecule has 38 heavy (non-hydrogen) atoms. The Morgan fingerprint density at radius 1 is 1.03 bits per heavy atom. The van der Waals surface area contributed by atoms with Gasteiger partial charge in [-0.1, -0.05) is 28.1 Å². The minimum absolute atomic E-state index is 0.147. The van der Waals surface area contributed by atoms with Gasteiger partial charge in [-0.05, 0) is 89.2 Å². The molecule has 0 aliphatic rings. The van der Waals surface area contributed by atoms with Gasteiger partial charge >= 0.3 is 0 Å². The Balaban J connectivity index is 1.48. The molecule has 0 radical (unpaired) electrons. The van der Waals surface area contributed by atoms with Gasteiger partial charge in [-0.2, -0.15) is 5.26 Å². The monoisotopic (exact) mass is 682 g/mol. The SMILES string of the molecule is CCOc1cc(C=Nc2oc(-c3ccco3)c(-c3ccco3)c2C#N)cc(I)c1OCc1ccc(Br)cc1. The number of nitriles is 1. The second kappa shape index (κ2) is 11.8. The summed E-state index contributed by atoms with van der Waals surface area (Å²) in [6, 6.07) is 20.9. The van der Waals surface area contributed by atoms with Crippen molar-refractivity contribution in [3.8, 4) is 40.4 Å². The first-order chi connectivity index (χ1) is 18.6. The molecule has 0 aliphatic carbocycles. The van der Waals surface area contributed by atoms with E-state index in [4.69, 9.17) is 22.7 Å². The van der Waals surface area contributed by atoms with Crippen LogP contribution in [0.5, 0.6) is 11.5 Å². The fourth-order valence-corrected chi connectivity index (χ4v) is 4.83. The molecule has 9 heteroatoms. The third kappa shape index (κ3) is 5.56. The second-order valence-corrected chi connectivity index (χ2v) is 10.1. The Bertz CT molecular complexity index is 1600. The molecule has 0 atom stereocenters. The average Bonchev–Trinajstić information content (AvgIpc) is 3.69. The van der Waals surface area contributed by atoms with Crippen LogP contribution in [-0.4, -0.2) is 12.8 Å². The van der Waals surface area contributed by atoms with Crippen molar-refractivity contribution in [3.63, 3.8) is 0 Å². The van der Waals surface area contributed by atoms with Gasteiger partial charge in [-0.15, -0.1) is 0 Å². The number of aliphatic imine (C=N–C) groups is 1. The number of benzene rings is 2. The predicted molar refractivity (Wildman–Crippen MR) is 155 cm³/mol. The van der Waals surface area contributed by atoms with Crippen molar-refractivity contribution in [1.29, 1.82) is 5.26 Å². The first-order valence-electron chi connectivity index (χ1n) is 11.6. The molecule has 0 fully saturated rings. The zero-order valence-electron chi connectivity index (χ0n) is 20.1. The Hall–Kier alpha value is -3.75. The molecule has 0 saturated carbocycles. The molecule has 0 N–H and O–H groups in total. The molecule has 5 aromatic rings. The topological polar surface area (TPSA) is 94.0 Å². The summed E-state index contributed by atoms with van der Waals surface area (Å²) in [5.41, 5.74) is 2.53. The number of nitrogens with zero attached hydrogens (tertiary/aromatic N) is 2. The van der Waals surface area contributed by atoms with E-state index in [1.807, 2.05) is 43.3 Å². The van der Waals surface area contributed by atoms with Crippen molar-refractivity contribution in [2.24, 2.45) is 4.99 Å². The number of hydrogen-bond donors (Lipinski definition) is 0. The Labute approximate surface area is 241 Å². The molecule has 3 heterocycles. The van der Waals surface area contributed by atoms with E-state index in [0.29, 0.717) is 47.6 Å². The lowest BCUT2D eigenvalue weighted by molar-refractivity contribution is 0.267. The van der Waals surface area contributed by atoms with E-state index in [9.17, 15) is 5.26 Å². The van der Waals surface area contributed by atoms with Crippen molar-refractivity contribution in [1.82, 2.24) is 0 Å². The van der Waals surface area contributed by atoms with E-state index in [0.717, 1.165) is 19.2 Å². The van der Waals surface area contributed by atoms with Gasteiger partial charge in [0, 0.05) is 10.7 Å². The van der Waals surface area contributed by atoms with Crippen LogP contribution < -0.4 is 9.47 Å². The standard InChI is InChI=1S/C29H20BrIN2O5/c1-2-34-25-14-19(13-22(31)27(25)37-17-18-7-9-20(30)10-8-18)16-33-29-21(15-32)26(23-5-3-11-35-23)28(38-29)24-6-4-12-36-24/h3-14,16H,2,17H2,1H3. The maximum Gasteiger partial charge on any atom is 0.238 e. The van der Waals surface area contributed by atoms with E-state index in [1.165, 1.54) is 12.5 Å². The zero-order valence-corrected chi connectivity index (χ0v) is 23.9. The van der Waals surface area contributed by atoms with E-state index in [-0.39, 0.29) is 11.4 Å². The van der Waals surface area contributed by atoms with Gasteiger partial charge < -0.3 is 22.7 Å². The molecule has 0 bridgehead atoms. The summed E-state index contributed by atoms with van der Waals surface area (Å²) in [6.45, 7) is 2.79. The Kier molecular flexibility index (Phi) is 8.00. The van der Waals surface area contributed by atoms with Crippen LogP contribution in [0.3, 0.4) is 0 Å². The minimum Gasteiger partial charge on any atom is -0.490 e.